The van der Waals surface area contributed by atoms with E-state index in [1.165, 1.54) is 6.08 Å². The highest BCUT2D eigenvalue weighted by Gasteiger charge is 2.13. The molecular weight excluding hydrogens is 494 g/mol. The number of rotatable bonds is 7. The Morgan fingerprint density at radius 2 is 1.74 bits per heavy atom. The Bertz CT molecular complexity index is 1310. The fourth-order valence-electron chi connectivity index (χ4n) is 3.15. The van der Waals surface area contributed by atoms with Gasteiger partial charge in [0.25, 0.3) is 11.8 Å². The monoisotopic (exact) mass is 517 g/mol. The summed E-state index contributed by atoms with van der Waals surface area (Å²) >= 11 is 3.40. The summed E-state index contributed by atoms with van der Waals surface area (Å²) in [6.45, 7) is 5.66. The maximum absolute atomic E-state index is 12.7. The number of nitriles is 1. The summed E-state index contributed by atoms with van der Waals surface area (Å²) in [6.07, 6.45) is 1.44. The maximum atomic E-state index is 12.7. The summed E-state index contributed by atoms with van der Waals surface area (Å²) in [5, 5.41) is 15.1. The molecule has 0 saturated carbocycles. The average molecular weight is 518 g/mol. The van der Waals surface area contributed by atoms with E-state index < -0.39 is 5.91 Å². The van der Waals surface area contributed by atoms with Gasteiger partial charge in [-0.05, 0) is 86.0 Å². The molecule has 2 amide bonds. The van der Waals surface area contributed by atoms with Crippen LogP contribution in [0.1, 0.15) is 22.3 Å². The van der Waals surface area contributed by atoms with Crippen molar-refractivity contribution in [3.63, 3.8) is 0 Å². The van der Waals surface area contributed by atoms with Gasteiger partial charge in [0.05, 0.1) is 0 Å². The molecule has 7 heteroatoms. The molecule has 172 valence electrons. The van der Waals surface area contributed by atoms with Gasteiger partial charge in [0.2, 0.25) is 0 Å². The summed E-state index contributed by atoms with van der Waals surface area (Å²) < 4.78 is 6.46. The second-order valence-electron chi connectivity index (χ2n) is 7.81. The summed E-state index contributed by atoms with van der Waals surface area (Å²) in [7, 11) is 0. The second-order valence-corrected chi connectivity index (χ2v) is 8.73. The first-order valence-electron chi connectivity index (χ1n) is 10.5. The third kappa shape index (κ3) is 6.80. The van der Waals surface area contributed by atoms with E-state index in [1.807, 2.05) is 63.2 Å². The van der Waals surface area contributed by atoms with Crippen LogP contribution in [0.5, 0.6) is 5.75 Å². The normalized spacial score (nSPS) is 10.9. The van der Waals surface area contributed by atoms with E-state index in [1.54, 1.807) is 24.3 Å². The van der Waals surface area contributed by atoms with Gasteiger partial charge in [0.1, 0.15) is 17.4 Å². The zero-order valence-electron chi connectivity index (χ0n) is 19.1. The highest BCUT2D eigenvalue weighted by molar-refractivity contribution is 9.10. The van der Waals surface area contributed by atoms with Gasteiger partial charge < -0.3 is 15.4 Å². The van der Waals surface area contributed by atoms with Gasteiger partial charge in [0, 0.05) is 21.4 Å². The van der Waals surface area contributed by atoms with E-state index in [0.717, 1.165) is 21.2 Å². The molecule has 0 fully saturated rings. The largest absolute Gasteiger partial charge is 0.483 e. The van der Waals surface area contributed by atoms with E-state index in [4.69, 9.17) is 4.74 Å². The molecule has 3 aromatic rings. The minimum atomic E-state index is -0.536. The topological polar surface area (TPSA) is 91.2 Å². The van der Waals surface area contributed by atoms with Gasteiger partial charge in [-0.25, -0.2) is 0 Å². The molecule has 0 unspecified atom stereocenters. The predicted octanol–water partition coefficient (Wildman–Crippen LogP) is 5.94. The van der Waals surface area contributed by atoms with E-state index in [0.29, 0.717) is 22.7 Å². The molecular formula is C27H24BrN3O3. The van der Waals surface area contributed by atoms with Crippen LogP contribution < -0.4 is 15.4 Å². The zero-order chi connectivity index (χ0) is 24.7. The third-order valence-corrected chi connectivity index (χ3v) is 5.56. The number of carbonyl (C=O) groups excluding carboxylic acids is 2. The number of aryl methyl sites for hydroxylation is 3. The number of nitrogens with zero attached hydrogens (tertiary/aromatic N) is 1. The van der Waals surface area contributed by atoms with Crippen LogP contribution in [0.25, 0.3) is 6.08 Å². The number of anilines is 2. The van der Waals surface area contributed by atoms with Crippen LogP contribution in [0.3, 0.4) is 0 Å². The van der Waals surface area contributed by atoms with E-state index in [2.05, 4.69) is 26.6 Å². The minimum Gasteiger partial charge on any atom is -0.483 e. The van der Waals surface area contributed by atoms with Crippen LogP contribution in [-0.4, -0.2) is 18.4 Å². The van der Waals surface area contributed by atoms with Crippen molar-refractivity contribution in [2.45, 2.75) is 20.8 Å². The number of nitrogens with one attached hydrogen (secondary N) is 2. The molecule has 0 saturated heterocycles. The molecule has 0 bridgehead atoms. The Hall–Kier alpha value is -3.89. The summed E-state index contributed by atoms with van der Waals surface area (Å²) in [4.78, 5) is 25.1. The quantitative estimate of drug-likeness (QED) is 0.299. The number of amides is 2. The molecule has 0 aliphatic heterocycles. The predicted molar refractivity (Wildman–Crippen MR) is 138 cm³/mol. The Morgan fingerprint density at radius 1 is 0.971 bits per heavy atom. The molecule has 0 aromatic heterocycles. The standard InChI is InChI=1S/C27H24BrN3O3/c1-17-5-4-6-23(11-17)31-27(33)21(15-29)13-20-14-22(28)8-10-25(20)34-16-26(32)30-24-9-7-18(2)19(3)12-24/h4-14H,16H2,1-3H3,(H,30,32)(H,31,33)/b21-13+. The number of carbonyl (C=O) groups is 2. The fraction of sp³-hybridized carbons (Fsp3) is 0.148. The molecule has 3 aromatic carbocycles. The molecule has 3 rings (SSSR count). The Balaban J connectivity index is 1.74. The van der Waals surface area contributed by atoms with Gasteiger partial charge in [-0.15, -0.1) is 0 Å². The summed E-state index contributed by atoms with van der Waals surface area (Å²) in [5.41, 5.74) is 4.88. The molecule has 0 radical (unpaired) electrons. The SMILES string of the molecule is Cc1cccc(NC(=O)/C(C#N)=C/c2cc(Br)ccc2OCC(=O)Nc2ccc(C)c(C)c2)c1. The first-order valence-corrected chi connectivity index (χ1v) is 11.3. The van der Waals surface area contributed by atoms with E-state index in [9.17, 15) is 14.9 Å². The van der Waals surface area contributed by atoms with Crippen molar-refractivity contribution in [3.8, 4) is 11.8 Å². The molecule has 0 aliphatic carbocycles. The summed E-state index contributed by atoms with van der Waals surface area (Å²) in [5.74, 6) is -0.486. The Kier molecular flexibility index (Phi) is 8.23. The van der Waals surface area contributed by atoms with Crippen molar-refractivity contribution < 1.29 is 14.3 Å². The van der Waals surface area contributed by atoms with Crippen molar-refractivity contribution in [3.05, 3.63) is 93.0 Å². The Morgan fingerprint density at radius 3 is 2.44 bits per heavy atom. The van der Waals surface area contributed by atoms with E-state index >= 15 is 0 Å². The van der Waals surface area contributed by atoms with Gasteiger partial charge in [-0.3, -0.25) is 9.59 Å². The number of ether oxygens (including phenoxy) is 1. The highest BCUT2D eigenvalue weighted by Crippen LogP contribution is 2.26. The molecule has 0 atom stereocenters. The number of benzene rings is 3. The van der Waals surface area contributed by atoms with Crippen molar-refractivity contribution >= 4 is 45.2 Å². The highest BCUT2D eigenvalue weighted by atomic mass is 79.9. The lowest BCUT2D eigenvalue weighted by molar-refractivity contribution is -0.118. The van der Waals surface area contributed by atoms with Crippen molar-refractivity contribution in [2.75, 3.05) is 17.2 Å². The molecule has 6 nitrogen and oxygen atoms in total. The third-order valence-electron chi connectivity index (χ3n) is 5.06. The van der Waals surface area contributed by atoms with Gasteiger partial charge in [-0.2, -0.15) is 5.26 Å². The smallest absolute Gasteiger partial charge is 0.266 e. The van der Waals surface area contributed by atoms with E-state index in [-0.39, 0.29) is 18.1 Å². The molecule has 0 spiro atoms. The zero-order valence-corrected chi connectivity index (χ0v) is 20.7. The lowest BCUT2D eigenvalue weighted by atomic mass is 10.1. The van der Waals surface area contributed by atoms with Crippen LogP contribution in [0.2, 0.25) is 0 Å². The summed E-state index contributed by atoms with van der Waals surface area (Å²) in [6, 6.07) is 20.1. The maximum Gasteiger partial charge on any atom is 0.266 e. The second kappa shape index (κ2) is 11.3. The van der Waals surface area contributed by atoms with Crippen LogP contribution in [0.4, 0.5) is 11.4 Å². The van der Waals surface area contributed by atoms with Gasteiger partial charge in [-0.1, -0.05) is 34.1 Å². The van der Waals surface area contributed by atoms with Crippen molar-refractivity contribution in [1.82, 2.24) is 0 Å². The van der Waals surface area contributed by atoms with Crippen LogP contribution >= 0.6 is 15.9 Å². The van der Waals surface area contributed by atoms with Crippen LogP contribution in [0.15, 0.2) is 70.7 Å². The van der Waals surface area contributed by atoms with Gasteiger partial charge >= 0.3 is 0 Å². The van der Waals surface area contributed by atoms with Gasteiger partial charge in [0.15, 0.2) is 6.61 Å². The molecule has 0 heterocycles. The molecule has 0 aliphatic rings. The van der Waals surface area contributed by atoms with Crippen LogP contribution in [-0.2, 0) is 9.59 Å². The molecule has 34 heavy (non-hydrogen) atoms. The first kappa shape index (κ1) is 24.7. The average Bonchev–Trinajstić information content (AvgIpc) is 2.79. The number of hydrogen-bond donors (Lipinski definition) is 2. The lowest BCUT2D eigenvalue weighted by Gasteiger charge is -2.12. The molecule has 2 N–H and O–H groups in total. The van der Waals surface area contributed by atoms with Crippen molar-refractivity contribution in [2.24, 2.45) is 0 Å². The first-order chi connectivity index (χ1) is 16.2. The Labute approximate surface area is 207 Å². The fourth-order valence-corrected chi connectivity index (χ4v) is 3.53. The lowest BCUT2D eigenvalue weighted by Crippen LogP contribution is -2.20. The number of hydrogen-bond acceptors (Lipinski definition) is 4. The van der Waals surface area contributed by atoms with Crippen molar-refractivity contribution in [1.29, 1.82) is 5.26 Å². The number of halogens is 1. The van der Waals surface area contributed by atoms with Crippen LogP contribution in [0, 0.1) is 32.1 Å². The minimum absolute atomic E-state index is 0.0935.